The van der Waals surface area contributed by atoms with E-state index < -0.39 is 21.2 Å². The second-order valence-corrected chi connectivity index (χ2v) is 7.43. The molecule has 2 rings (SSSR count). The zero-order chi connectivity index (χ0) is 14.4. The predicted octanol–water partition coefficient (Wildman–Crippen LogP) is 2.21. The third kappa shape index (κ3) is 2.16. The smallest absolute Gasteiger partial charge is 0.314 e. The first-order valence-corrected chi connectivity index (χ1v) is 8.13. The van der Waals surface area contributed by atoms with Gasteiger partial charge < -0.3 is 5.11 Å². The molecule has 1 aromatic carbocycles. The molecule has 0 unspecified atom stereocenters. The quantitative estimate of drug-likeness (QED) is 0.922. The molecule has 0 radical (unpaired) electrons. The summed E-state index contributed by atoms with van der Waals surface area (Å²) in [5, 5.41) is 9.49. The van der Waals surface area contributed by atoms with E-state index in [1.807, 2.05) is 13.8 Å². The van der Waals surface area contributed by atoms with E-state index in [1.54, 1.807) is 12.1 Å². The van der Waals surface area contributed by atoms with Gasteiger partial charge in [-0.2, -0.15) is 0 Å². The van der Waals surface area contributed by atoms with E-state index in [4.69, 9.17) is 0 Å². The molecule has 5 heteroatoms. The Morgan fingerprint density at radius 2 is 1.74 bits per heavy atom. The third-order valence-corrected chi connectivity index (χ3v) is 5.26. The molecular formula is C14H18O4S. The number of aryl methyl sites for hydroxylation is 2. The van der Waals surface area contributed by atoms with Crippen molar-refractivity contribution in [2.45, 2.75) is 43.4 Å². The fraction of sp³-hybridized carbons (Fsp3) is 0.500. The Hall–Kier alpha value is -1.36. The molecule has 0 atom stereocenters. The SMILES string of the molecule is Cc1cc(C2(C(=O)O)CCC2)c(S(C)(=O)=O)cc1C. The molecule has 0 bridgehead atoms. The van der Waals surface area contributed by atoms with Crippen LogP contribution in [-0.4, -0.2) is 25.7 Å². The molecule has 1 aliphatic carbocycles. The number of hydrogen-bond donors (Lipinski definition) is 1. The number of rotatable bonds is 3. The monoisotopic (exact) mass is 282 g/mol. The normalized spacial score (nSPS) is 17.8. The van der Waals surface area contributed by atoms with Crippen molar-refractivity contribution in [2.75, 3.05) is 6.26 Å². The summed E-state index contributed by atoms with van der Waals surface area (Å²) in [6, 6.07) is 3.34. The van der Waals surface area contributed by atoms with Crippen molar-refractivity contribution in [3.05, 3.63) is 28.8 Å². The maximum Gasteiger partial charge on any atom is 0.314 e. The third-order valence-electron chi connectivity index (χ3n) is 4.13. The summed E-state index contributed by atoms with van der Waals surface area (Å²) in [4.78, 5) is 11.7. The second kappa shape index (κ2) is 4.34. The Morgan fingerprint density at radius 1 is 1.21 bits per heavy atom. The maximum absolute atomic E-state index is 11.9. The fourth-order valence-electron chi connectivity index (χ4n) is 2.60. The molecule has 0 amide bonds. The van der Waals surface area contributed by atoms with E-state index >= 15 is 0 Å². The first-order valence-electron chi connectivity index (χ1n) is 6.24. The molecule has 19 heavy (non-hydrogen) atoms. The number of carbonyl (C=O) groups is 1. The fourth-order valence-corrected chi connectivity index (χ4v) is 3.64. The summed E-state index contributed by atoms with van der Waals surface area (Å²) in [5.41, 5.74) is 1.23. The summed E-state index contributed by atoms with van der Waals surface area (Å²) in [5.74, 6) is -0.924. The number of benzene rings is 1. The van der Waals surface area contributed by atoms with Gasteiger partial charge in [-0.1, -0.05) is 12.5 Å². The molecule has 0 aliphatic heterocycles. The Labute approximate surface area is 113 Å². The van der Waals surface area contributed by atoms with Gasteiger partial charge in [-0.05, 0) is 49.4 Å². The topological polar surface area (TPSA) is 71.4 Å². The summed E-state index contributed by atoms with van der Waals surface area (Å²) < 4.78 is 23.9. The van der Waals surface area contributed by atoms with Crippen molar-refractivity contribution < 1.29 is 18.3 Å². The van der Waals surface area contributed by atoms with Gasteiger partial charge in [0.2, 0.25) is 0 Å². The Bertz CT molecular complexity index is 640. The van der Waals surface area contributed by atoms with Crippen LogP contribution in [0.2, 0.25) is 0 Å². The molecule has 1 N–H and O–H groups in total. The van der Waals surface area contributed by atoms with Crippen molar-refractivity contribution in [1.82, 2.24) is 0 Å². The van der Waals surface area contributed by atoms with Crippen LogP contribution in [0.1, 0.15) is 36.0 Å². The van der Waals surface area contributed by atoms with Gasteiger partial charge in [-0.25, -0.2) is 8.42 Å². The van der Waals surface area contributed by atoms with Crippen LogP contribution in [0.4, 0.5) is 0 Å². The van der Waals surface area contributed by atoms with E-state index in [2.05, 4.69) is 0 Å². The highest BCUT2D eigenvalue weighted by Gasteiger charge is 2.48. The Kier molecular flexibility index (Phi) is 3.21. The molecule has 0 heterocycles. The zero-order valence-electron chi connectivity index (χ0n) is 11.4. The van der Waals surface area contributed by atoms with Crippen LogP contribution in [0, 0.1) is 13.8 Å². The lowest BCUT2D eigenvalue weighted by molar-refractivity contribution is -0.147. The maximum atomic E-state index is 11.9. The number of carboxylic acid groups (broad SMARTS) is 1. The van der Waals surface area contributed by atoms with Crippen LogP contribution in [0.15, 0.2) is 17.0 Å². The summed E-state index contributed by atoms with van der Waals surface area (Å²) in [6.07, 6.45) is 2.97. The van der Waals surface area contributed by atoms with E-state index in [1.165, 1.54) is 0 Å². The van der Waals surface area contributed by atoms with Gasteiger partial charge in [0.15, 0.2) is 9.84 Å². The van der Waals surface area contributed by atoms with Gasteiger partial charge in [-0.3, -0.25) is 4.79 Å². The first kappa shape index (κ1) is 14.1. The Balaban J connectivity index is 2.76. The lowest BCUT2D eigenvalue weighted by Crippen LogP contribution is -2.43. The van der Waals surface area contributed by atoms with E-state index in [-0.39, 0.29) is 4.90 Å². The van der Waals surface area contributed by atoms with E-state index in [9.17, 15) is 18.3 Å². The number of aliphatic carboxylic acids is 1. The lowest BCUT2D eigenvalue weighted by atomic mass is 9.64. The number of sulfone groups is 1. The average molecular weight is 282 g/mol. The summed E-state index contributed by atoms with van der Waals surface area (Å²) in [6.45, 7) is 3.71. The molecule has 1 fully saturated rings. The number of hydrogen-bond acceptors (Lipinski definition) is 3. The molecule has 1 saturated carbocycles. The first-order chi connectivity index (χ1) is 8.68. The van der Waals surface area contributed by atoms with Crippen LogP contribution in [-0.2, 0) is 20.0 Å². The van der Waals surface area contributed by atoms with Gasteiger partial charge in [0, 0.05) is 6.26 Å². The minimum absolute atomic E-state index is 0.165. The highest BCUT2D eigenvalue weighted by atomic mass is 32.2. The average Bonchev–Trinajstić information content (AvgIpc) is 2.18. The van der Waals surface area contributed by atoms with Crippen LogP contribution in [0.5, 0.6) is 0 Å². The standard InChI is InChI=1S/C14H18O4S/c1-9-7-11(14(13(15)16)5-4-6-14)12(8-10(9)2)19(3,17)18/h7-8H,4-6H2,1-3H3,(H,15,16). The van der Waals surface area contributed by atoms with Gasteiger partial charge in [0.1, 0.15) is 0 Å². The summed E-state index contributed by atoms with van der Waals surface area (Å²) >= 11 is 0. The lowest BCUT2D eigenvalue weighted by Gasteiger charge is -2.39. The molecular weight excluding hydrogens is 264 g/mol. The molecule has 104 valence electrons. The van der Waals surface area contributed by atoms with Crippen LogP contribution in [0.25, 0.3) is 0 Å². The Morgan fingerprint density at radius 3 is 2.11 bits per heavy atom. The largest absolute Gasteiger partial charge is 0.481 e. The van der Waals surface area contributed by atoms with Gasteiger partial charge in [0.05, 0.1) is 10.3 Å². The molecule has 0 aromatic heterocycles. The summed E-state index contributed by atoms with van der Waals surface area (Å²) in [7, 11) is -3.43. The van der Waals surface area contributed by atoms with Crippen LogP contribution < -0.4 is 0 Å². The van der Waals surface area contributed by atoms with Gasteiger partial charge in [0.25, 0.3) is 0 Å². The minimum atomic E-state index is -3.43. The highest BCUT2D eigenvalue weighted by Crippen LogP contribution is 2.46. The van der Waals surface area contributed by atoms with Crippen molar-refractivity contribution >= 4 is 15.8 Å². The number of carboxylic acids is 1. The minimum Gasteiger partial charge on any atom is -0.481 e. The molecule has 0 saturated heterocycles. The molecule has 0 spiro atoms. The van der Waals surface area contributed by atoms with E-state index in [0.717, 1.165) is 23.8 Å². The van der Waals surface area contributed by atoms with Crippen LogP contribution in [0.3, 0.4) is 0 Å². The van der Waals surface area contributed by atoms with Crippen molar-refractivity contribution in [2.24, 2.45) is 0 Å². The zero-order valence-corrected chi connectivity index (χ0v) is 12.2. The van der Waals surface area contributed by atoms with Crippen molar-refractivity contribution in [3.8, 4) is 0 Å². The van der Waals surface area contributed by atoms with E-state index in [0.29, 0.717) is 18.4 Å². The second-order valence-electron chi connectivity index (χ2n) is 5.45. The molecule has 1 aliphatic rings. The highest BCUT2D eigenvalue weighted by molar-refractivity contribution is 7.90. The van der Waals surface area contributed by atoms with Gasteiger partial charge in [-0.15, -0.1) is 0 Å². The molecule has 4 nitrogen and oxygen atoms in total. The van der Waals surface area contributed by atoms with Crippen molar-refractivity contribution in [1.29, 1.82) is 0 Å². The van der Waals surface area contributed by atoms with Crippen molar-refractivity contribution in [3.63, 3.8) is 0 Å². The predicted molar refractivity (Wildman–Crippen MR) is 72.2 cm³/mol. The molecule has 1 aromatic rings. The van der Waals surface area contributed by atoms with Crippen LogP contribution >= 0.6 is 0 Å². The van der Waals surface area contributed by atoms with Gasteiger partial charge >= 0.3 is 5.97 Å².